The van der Waals surface area contributed by atoms with Crippen LogP contribution in [0.1, 0.15) is 46.5 Å². The molecule has 2 rings (SSSR count). The van der Waals surface area contributed by atoms with Crippen molar-refractivity contribution in [2.75, 3.05) is 18.8 Å². The fraction of sp³-hybridized carbons (Fsp3) is 1.00. The van der Waals surface area contributed by atoms with E-state index in [1.165, 1.54) is 0 Å². The second kappa shape index (κ2) is 5.70. The number of hydrogen-bond donors (Lipinski definition) is 2. The number of hydrogen-bond acceptors (Lipinski definition) is 3. The predicted molar refractivity (Wildman–Crippen MR) is 78.5 cm³/mol. The van der Waals surface area contributed by atoms with Gasteiger partial charge in [0.15, 0.2) is 0 Å². The summed E-state index contributed by atoms with van der Waals surface area (Å²) in [7, 11) is -3.11. The average molecular weight is 288 g/mol. The number of nitrogens with one attached hydrogen (secondary N) is 2. The van der Waals surface area contributed by atoms with Crippen LogP contribution in [-0.2, 0) is 10.0 Å². The third-order valence-electron chi connectivity index (χ3n) is 4.42. The maximum Gasteiger partial charge on any atom is 0.211 e. The zero-order chi connectivity index (χ0) is 14.1. The molecule has 0 aromatic carbocycles. The summed E-state index contributed by atoms with van der Waals surface area (Å²) in [6.07, 6.45) is 3.87. The lowest BCUT2D eigenvalue weighted by atomic mass is 9.79. The van der Waals surface area contributed by atoms with Crippen LogP contribution in [0.15, 0.2) is 0 Å². The van der Waals surface area contributed by atoms with Gasteiger partial charge in [0.1, 0.15) is 0 Å². The van der Waals surface area contributed by atoms with Crippen molar-refractivity contribution < 1.29 is 8.42 Å². The highest BCUT2D eigenvalue weighted by atomic mass is 32.2. The first-order valence-electron chi connectivity index (χ1n) is 7.46. The smallest absolute Gasteiger partial charge is 0.211 e. The molecule has 0 aromatic heterocycles. The molecular weight excluding hydrogens is 260 g/mol. The Hall–Kier alpha value is -0.130. The van der Waals surface area contributed by atoms with Crippen LogP contribution in [0.3, 0.4) is 0 Å². The second-order valence-electron chi connectivity index (χ2n) is 7.44. The third kappa shape index (κ3) is 4.72. The molecule has 2 aliphatic rings. The minimum atomic E-state index is -3.11. The average Bonchev–Trinajstić information content (AvgIpc) is 2.72. The lowest BCUT2D eigenvalue weighted by Crippen LogP contribution is -2.41. The van der Waals surface area contributed by atoms with Gasteiger partial charge in [-0.15, -0.1) is 0 Å². The van der Waals surface area contributed by atoms with Crippen molar-refractivity contribution in [3.63, 3.8) is 0 Å². The molecule has 0 aromatic rings. The second-order valence-corrected chi connectivity index (χ2v) is 9.31. The van der Waals surface area contributed by atoms with Crippen LogP contribution in [0.25, 0.3) is 0 Å². The van der Waals surface area contributed by atoms with Gasteiger partial charge in [0.05, 0.1) is 5.75 Å². The first kappa shape index (κ1) is 15.3. The molecule has 1 aliphatic heterocycles. The molecule has 1 saturated carbocycles. The van der Waals surface area contributed by atoms with Gasteiger partial charge in [-0.05, 0) is 56.0 Å². The van der Waals surface area contributed by atoms with E-state index in [4.69, 9.17) is 0 Å². The van der Waals surface area contributed by atoms with Gasteiger partial charge in [0.2, 0.25) is 10.0 Å². The van der Waals surface area contributed by atoms with Crippen LogP contribution in [0.4, 0.5) is 0 Å². The topological polar surface area (TPSA) is 58.2 Å². The standard InChI is InChI=1S/C14H28N2O2S/c1-14(2,3)6-7-19(17,18)16-13-5-4-11-9-15-10-12(11)8-13/h11-13,15-16H,4-10H2,1-3H3/t11-,12+,13?/m0/s1. The van der Waals surface area contributed by atoms with Crippen molar-refractivity contribution >= 4 is 10.0 Å². The fourth-order valence-electron chi connectivity index (χ4n) is 3.16. The van der Waals surface area contributed by atoms with E-state index in [-0.39, 0.29) is 17.2 Å². The zero-order valence-corrected chi connectivity index (χ0v) is 13.2. The molecule has 2 fully saturated rings. The van der Waals surface area contributed by atoms with Crippen molar-refractivity contribution in [3.05, 3.63) is 0 Å². The monoisotopic (exact) mass is 288 g/mol. The molecule has 0 radical (unpaired) electrons. The van der Waals surface area contributed by atoms with Crippen LogP contribution < -0.4 is 10.0 Å². The normalized spacial score (nSPS) is 32.3. The summed E-state index contributed by atoms with van der Waals surface area (Å²) in [6, 6.07) is 0.158. The molecular formula is C14H28N2O2S. The molecule has 1 heterocycles. The molecule has 112 valence electrons. The van der Waals surface area contributed by atoms with E-state index >= 15 is 0 Å². The van der Waals surface area contributed by atoms with E-state index in [0.717, 1.165) is 38.3 Å². The lowest BCUT2D eigenvalue weighted by molar-refractivity contribution is 0.260. The molecule has 0 spiro atoms. The minimum absolute atomic E-state index is 0.0712. The van der Waals surface area contributed by atoms with Gasteiger partial charge in [-0.25, -0.2) is 13.1 Å². The summed E-state index contributed by atoms with van der Waals surface area (Å²) in [4.78, 5) is 0. The predicted octanol–water partition coefficient (Wildman–Crippen LogP) is 1.73. The Labute approximate surface area is 117 Å². The summed E-state index contributed by atoms with van der Waals surface area (Å²) < 4.78 is 27.1. The van der Waals surface area contributed by atoms with Gasteiger partial charge < -0.3 is 5.32 Å². The summed E-state index contributed by atoms with van der Waals surface area (Å²) in [6.45, 7) is 8.42. The van der Waals surface area contributed by atoms with E-state index in [2.05, 4.69) is 30.8 Å². The lowest BCUT2D eigenvalue weighted by Gasteiger charge is -2.31. The maximum atomic E-state index is 12.1. The van der Waals surface area contributed by atoms with Crippen LogP contribution in [0.5, 0.6) is 0 Å². The Balaban J connectivity index is 1.83. The minimum Gasteiger partial charge on any atom is -0.316 e. The number of sulfonamides is 1. The van der Waals surface area contributed by atoms with Crippen LogP contribution in [0.2, 0.25) is 0 Å². The Morgan fingerprint density at radius 2 is 1.84 bits per heavy atom. The van der Waals surface area contributed by atoms with E-state index in [1.54, 1.807) is 0 Å². The molecule has 5 heteroatoms. The maximum absolute atomic E-state index is 12.1. The largest absolute Gasteiger partial charge is 0.316 e. The third-order valence-corrected chi connectivity index (χ3v) is 5.85. The van der Waals surface area contributed by atoms with E-state index < -0.39 is 10.0 Å². The van der Waals surface area contributed by atoms with Crippen molar-refractivity contribution in [2.45, 2.75) is 52.5 Å². The van der Waals surface area contributed by atoms with Crippen LogP contribution >= 0.6 is 0 Å². The number of fused-ring (bicyclic) bond motifs is 1. The summed E-state index contributed by atoms with van der Waals surface area (Å²) in [5, 5.41) is 3.42. The Kier molecular flexibility index (Phi) is 4.58. The molecule has 0 amide bonds. The highest BCUT2D eigenvalue weighted by molar-refractivity contribution is 7.89. The van der Waals surface area contributed by atoms with E-state index in [1.807, 2.05) is 0 Å². The van der Waals surface area contributed by atoms with Crippen molar-refractivity contribution in [3.8, 4) is 0 Å². The van der Waals surface area contributed by atoms with Gasteiger partial charge >= 0.3 is 0 Å². The highest BCUT2D eigenvalue weighted by Crippen LogP contribution is 2.33. The Morgan fingerprint density at radius 3 is 2.53 bits per heavy atom. The van der Waals surface area contributed by atoms with Crippen LogP contribution in [0, 0.1) is 17.3 Å². The van der Waals surface area contributed by atoms with Gasteiger partial charge in [-0.1, -0.05) is 20.8 Å². The summed E-state index contributed by atoms with van der Waals surface area (Å²) >= 11 is 0. The molecule has 3 atom stereocenters. The Morgan fingerprint density at radius 1 is 1.16 bits per heavy atom. The molecule has 2 N–H and O–H groups in total. The quantitative estimate of drug-likeness (QED) is 0.828. The van der Waals surface area contributed by atoms with Crippen LogP contribution in [-0.4, -0.2) is 33.3 Å². The first-order chi connectivity index (χ1) is 8.75. The fourth-order valence-corrected chi connectivity index (χ4v) is 4.88. The Bertz CT molecular complexity index is 400. The first-order valence-corrected chi connectivity index (χ1v) is 9.11. The van der Waals surface area contributed by atoms with E-state index in [0.29, 0.717) is 12.3 Å². The molecule has 1 saturated heterocycles. The molecule has 1 unspecified atom stereocenters. The van der Waals surface area contributed by atoms with E-state index in [9.17, 15) is 8.42 Å². The van der Waals surface area contributed by atoms with Gasteiger partial charge in [0.25, 0.3) is 0 Å². The van der Waals surface area contributed by atoms with Gasteiger partial charge in [-0.2, -0.15) is 0 Å². The van der Waals surface area contributed by atoms with Crippen molar-refractivity contribution in [2.24, 2.45) is 17.3 Å². The molecule has 19 heavy (non-hydrogen) atoms. The van der Waals surface area contributed by atoms with Gasteiger partial charge in [0, 0.05) is 6.04 Å². The number of rotatable bonds is 4. The van der Waals surface area contributed by atoms with Crippen molar-refractivity contribution in [1.29, 1.82) is 0 Å². The van der Waals surface area contributed by atoms with Gasteiger partial charge in [-0.3, -0.25) is 0 Å². The molecule has 0 bridgehead atoms. The van der Waals surface area contributed by atoms with Crippen molar-refractivity contribution in [1.82, 2.24) is 10.0 Å². The SMILES string of the molecule is CC(C)(C)CCS(=O)(=O)NC1CC[C@H]2CNC[C@H]2C1. The summed E-state index contributed by atoms with van der Waals surface area (Å²) in [5.41, 5.74) is 0.0712. The molecule has 1 aliphatic carbocycles. The summed E-state index contributed by atoms with van der Waals surface area (Å²) in [5.74, 6) is 1.69. The highest BCUT2D eigenvalue weighted by Gasteiger charge is 2.35. The zero-order valence-electron chi connectivity index (χ0n) is 12.4. The molecule has 4 nitrogen and oxygen atoms in total.